The minimum Gasteiger partial charge on any atom is -0.481 e. The summed E-state index contributed by atoms with van der Waals surface area (Å²) in [5.41, 5.74) is 0.805. The van der Waals surface area contributed by atoms with Gasteiger partial charge in [-0.05, 0) is 36.4 Å². The average Bonchev–Trinajstić information content (AvgIpc) is 2.70. The van der Waals surface area contributed by atoms with Crippen molar-refractivity contribution in [2.45, 2.75) is 13.3 Å². The summed E-state index contributed by atoms with van der Waals surface area (Å²) in [5.74, 6) is -2.83. The van der Waals surface area contributed by atoms with Gasteiger partial charge in [-0.1, -0.05) is 6.92 Å². The molecule has 0 saturated heterocycles. The second-order valence-electron chi connectivity index (χ2n) is 5.95. The fourth-order valence-corrected chi connectivity index (χ4v) is 2.24. The molecule has 2 rings (SSSR count). The lowest BCUT2D eigenvalue weighted by Gasteiger charge is -2.09. The first kappa shape index (κ1) is 21.8. The number of halogens is 2. The van der Waals surface area contributed by atoms with E-state index in [1.807, 2.05) is 0 Å². The third-order valence-electron chi connectivity index (χ3n) is 3.74. The monoisotopic (exact) mass is 405 g/mol. The molecule has 154 valence electrons. The molecule has 0 fully saturated rings. The number of carbonyl (C=O) groups is 3. The number of anilines is 1. The van der Waals surface area contributed by atoms with Crippen LogP contribution in [0.5, 0.6) is 5.75 Å². The summed E-state index contributed by atoms with van der Waals surface area (Å²) in [6, 6.07) is 8.89. The molecular formula is C20H21F2N3O4. The van der Waals surface area contributed by atoms with Crippen molar-refractivity contribution in [3.8, 4) is 5.75 Å². The molecule has 0 spiro atoms. The van der Waals surface area contributed by atoms with Crippen LogP contribution in [-0.4, -0.2) is 37.4 Å². The number of amides is 3. The Bertz CT molecular complexity index is 873. The Morgan fingerprint density at radius 1 is 0.931 bits per heavy atom. The van der Waals surface area contributed by atoms with Gasteiger partial charge < -0.3 is 20.7 Å². The molecule has 9 heteroatoms. The second-order valence-corrected chi connectivity index (χ2v) is 5.95. The molecular weight excluding hydrogens is 384 g/mol. The van der Waals surface area contributed by atoms with E-state index in [0.29, 0.717) is 36.8 Å². The third kappa shape index (κ3) is 7.21. The fraction of sp³-hybridized carbons (Fsp3) is 0.250. The lowest BCUT2D eigenvalue weighted by atomic mass is 10.2. The normalized spacial score (nSPS) is 10.2. The zero-order chi connectivity index (χ0) is 21.2. The number of rotatable bonds is 9. The van der Waals surface area contributed by atoms with Gasteiger partial charge in [-0.25, -0.2) is 8.78 Å². The quantitative estimate of drug-likeness (QED) is 0.558. The highest BCUT2D eigenvalue weighted by Gasteiger charge is 2.09. The summed E-state index contributed by atoms with van der Waals surface area (Å²) in [5, 5.41) is 7.85. The summed E-state index contributed by atoms with van der Waals surface area (Å²) < 4.78 is 31.3. The van der Waals surface area contributed by atoms with Gasteiger partial charge in [0.05, 0.1) is 0 Å². The summed E-state index contributed by atoms with van der Waals surface area (Å²) in [6.07, 6.45) is 0.380. The molecule has 0 aromatic heterocycles. The molecule has 0 atom stereocenters. The first-order valence-electron chi connectivity index (χ1n) is 8.91. The fourth-order valence-electron chi connectivity index (χ4n) is 2.24. The van der Waals surface area contributed by atoms with Crippen molar-refractivity contribution < 1.29 is 27.9 Å². The van der Waals surface area contributed by atoms with Gasteiger partial charge in [-0.3, -0.25) is 14.4 Å². The van der Waals surface area contributed by atoms with E-state index in [-0.39, 0.29) is 17.6 Å². The van der Waals surface area contributed by atoms with Crippen LogP contribution in [0, 0.1) is 11.6 Å². The predicted octanol–water partition coefficient (Wildman–Crippen LogP) is 2.24. The SMILES string of the molecule is CCC(=O)NCCNC(=O)c1ccc(NC(=O)COc2ccc(F)cc2F)cc1. The maximum absolute atomic E-state index is 13.5. The first-order chi connectivity index (χ1) is 13.9. The molecule has 0 aliphatic carbocycles. The zero-order valence-electron chi connectivity index (χ0n) is 15.8. The largest absolute Gasteiger partial charge is 0.481 e. The Morgan fingerprint density at radius 2 is 1.62 bits per heavy atom. The number of benzene rings is 2. The van der Waals surface area contributed by atoms with Crippen LogP contribution >= 0.6 is 0 Å². The van der Waals surface area contributed by atoms with Gasteiger partial charge >= 0.3 is 0 Å². The van der Waals surface area contributed by atoms with Crippen LogP contribution in [0.4, 0.5) is 14.5 Å². The van der Waals surface area contributed by atoms with Crippen molar-refractivity contribution in [2.75, 3.05) is 25.0 Å². The molecule has 0 bridgehead atoms. The Balaban J connectivity index is 1.78. The van der Waals surface area contributed by atoms with Gasteiger partial charge in [0.15, 0.2) is 18.2 Å². The van der Waals surface area contributed by atoms with E-state index in [0.717, 1.165) is 12.1 Å². The van der Waals surface area contributed by atoms with Crippen LogP contribution in [0.25, 0.3) is 0 Å². The molecule has 7 nitrogen and oxygen atoms in total. The van der Waals surface area contributed by atoms with Gasteiger partial charge in [0.1, 0.15) is 5.82 Å². The minimum absolute atomic E-state index is 0.0921. The zero-order valence-corrected chi connectivity index (χ0v) is 15.8. The predicted molar refractivity (Wildman–Crippen MR) is 103 cm³/mol. The first-order valence-corrected chi connectivity index (χ1v) is 8.91. The van der Waals surface area contributed by atoms with Crippen molar-refractivity contribution in [3.05, 3.63) is 59.7 Å². The second kappa shape index (κ2) is 10.7. The molecule has 0 aliphatic heterocycles. The van der Waals surface area contributed by atoms with E-state index < -0.39 is 24.1 Å². The van der Waals surface area contributed by atoms with Gasteiger partial charge in [0.2, 0.25) is 5.91 Å². The molecule has 0 saturated carbocycles. The van der Waals surface area contributed by atoms with Crippen LogP contribution in [0.2, 0.25) is 0 Å². The molecule has 3 amide bonds. The van der Waals surface area contributed by atoms with Crippen molar-refractivity contribution in [1.29, 1.82) is 0 Å². The maximum Gasteiger partial charge on any atom is 0.262 e. The number of nitrogens with one attached hydrogen (secondary N) is 3. The van der Waals surface area contributed by atoms with E-state index >= 15 is 0 Å². The Labute approximate surface area is 166 Å². The minimum atomic E-state index is -0.901. The smallest absolute Gasteiger partial charge is 0.262 e. The van der Waals surface area contributed by atoms with Gasteiger partial charge in [0.25, 0.3) is 11.8 Å². The van der Waals surface area contributed by atoms with Crippen LogP contribution < -0.4 is 20.7 Å². The summed E-state index contributed by atoms with van der Waals surface area (Å²) in [7, 11) is 0. The van der Waals surface area contributed by atoms with Crippen LogP contribution in [0.1, 0.15) is 23.7 Å². The number of hydrogen-bond acceptors (Lipinski definition) is 4. The molecule has 2 aromatic carbocycles. The maximum atomic E-state index is 13.5. The Hall–Kier alpha value is -3.49. The summed E-state index contributed by atoms with van der Waals surface area (Å²) >= 11 is 0. The van der Waals surface area contributed by atoms with E-state index in [9.17, 15) is 23.2 Å². The molecule has 0 aliphatic rings. The van der Waals surface area contributed by atoms with Crippen molar-refractivity contribution in [1.82, 2.24) is 10.6 Å². The van der Waals surface area contributed by atoms with Crippen molar-refractivity contribution in [2.24, 2.45) is 0 Å². The van der Waals surface area contributed by atoms with E-state index in [2.05, 4.69) is 16.0 Å². The topological polar surface area (TPSA) is 96.5 Å². The van der Waals surface area contributed by atoms with E-state index in [4.69, 9.17) is 4.74 Å². The number of carbonyl (C=O) groups excluding carboxylic acids is 3. The van der Waals surface area contributed by atoms with Crippen molar-refractivity contribution >= 4 is 23.4 Å². The number of ether oxygens (including phenoxy) is 1. The van der Waals surface area contributed by atoms with Crippen LogP contribution in [0.15, 0.2) is 42.5 Å². The van der Waals surface area contributed by atoms with Crippen molar-refractivity contribution in [3.63, 3.8) is 0 Å². The van der Waals surface area contributed by atoms with Crippen LogP contribution in [-0.2, 0) is 9.59 Å². The highest BCUT2D eigenvalue weighted by molar-refractivity contribution is 5.96. The molecule has 0 radical (unpaired) electrons. The number of hydrogen-bond donors (Lipinski definition) is 3. The Kier molecular flexibility index (Phi) is 8.08. The summed E-state index contributed by atoms with van der Waals surface area (Å²) in [6.45, 7) is 1.90. The standard InChI is InChI=1S/C20H21F2N3O4/c1-2-18(26)23-9-10-24-20(28)13-3-6-15(7-4-13)25-19(27)12-29-17-8-5-14(21)11-16(17)22/h3-8,11H,2,9-10,12H2,1H3,(H,23,26)(H,24,28)(H,25,27). The third-order valence-corrected chi connectivity index (χ3v) is 3.74. The lowest BCUT2D eigenvalue weighted by molar-refractivity contribution is -0.120. The molecule has 29 heavy (non-hydrogen) atoms. The average molecular weight is 405 g/mol. The summed E-state index contributed by atoms with van der Waals surface area (Å²) in [4.78, 5) is 35.0. The Morgan fingerprint density at radius 3 is 2.28 bits per heavy atom. The van der Waals surface area contributed by atoms with Gasteiger partial charge in [0, 0.05) is 36.8 Å². The molecule has 0 unspecified atom stereocenters. The highest BCUT2D eigenvalue weighted by Crippen LogP contribution is 2.17. The van der Waals surface area contributed by atoms with E-state index in [1.54, 1.807) is 6.92 Å². The van der Waals surface area contributed by atoms with E-state index in [1.165, 1.54) is 24.3 Å². The highest BCUT2D eigenvalue weighted by atomic mass is 19.1. The van der Waals surface area contributed by atoms with Gasteiger partial charge in [-0.15, -0.1) is 0 Å². The molecule has 3 N–H and O–H groups in total. The molecule has 2 aromatic rings. The molecule has 0 heterocycles. The van der Waals surface area contributed by atoms with Crippen LogP contribution in [0.3, 0.4) is 0 Å². The van der Waals surface area contributed by atoms with Gasteiger partial charge in [-0.2, -0.15) is 0 Å². The lowest BCUT2D eigenvalue weighted by Crippen LogP contribution is -2.34.